The van der Waals surface area contributed by atoms with E-state index >= 15 is 0 Å². The Morgan fingerprint density at radius 3 is 2.95 bits per heavy atom. The minimum atomic E-state index is -0.225. The smallest absolute Gasteiger partial charge is 0.253 e. The number of aliphatic hydroxyl groups excluding tert-OH is 1. The maximum atomic E-state index is 12.1. The zero-order valence-electron chi connectivity index (χ0n) is 11.9. The summed E-state index contributed by atoms with van der Waals surface area (Å²) in [5.41, 5.74) is 2.88. The Kier molecular flexibility index (Phi) is 4.69. The number of hydrogen-bond acceptors (Lipinski definition) is 4. The number of carbonyl (C=O) groups excluding carboxylic acids is 1. The van der Waals surface area contributed by atoms with Crippen LogP contribution < -0.4 is 5.32 Å². The molecule has 0 unspecified atom stereocenters. The number of pyridine rings is 1. The number of carbonyl (C=O) groups is 1. The van der Waals surface area contributed by atoms with Gasteiger partial charge in [-0.15, -0.1) is 0 Å². The highest BCUT2D eigenvalue weighted by Crippen LogP contribution is 2.06. The lowest BCUT2D eigenvalue weighted by Gasteiger charge is -2.04. The number of rotatable bonds is 3. The summed E-state index contributed by atoms with van der Waals surface area (Å²) in [6.45, 7) is 2.08. The number of nitrogens with one attached hydrogen (secondary N) is 1. The van der Waals surface area contributed by atoms with Gasteiger partial charge in [-0.3, -0.25) is 14.5 Å². The second-order valence-electron chi connectivity index (χ2n) is 4.52. The molecule has 2 aromatic heterocycles. The van der Waals surface area contributed by atoms with Gasteiger partial charge in [0.15, 0.2) is 0 Å². The van der Waals surface area contributed by atoms with E-state index in [1.54, 1.807) is 16.9 Å². The molecule has 0 saturated carbocycles. The normalized spacial score (nSPS) is 9.86. The molecule has 2 aromatic rings. The highest BCUT2D eigenvalue weighted by atomic mass is 16.2. The van der Waals surface area contributed by atoms with Gasteiger partial charge < -0.3 is 10.4 Å². The van der Waals surface area contributed by atoms with Gasteiger partial charge in [0, 0.05) is 43.3 Å². The molecule has 0 spiro atoms. The minimum Gasteiger partial charge on any atom is -0.384 e. The van der Waals surface area contributed by atoms with Crippen molar-refractivity contribution in [3.63, 3.8) is 0 Å². The highest BCUT2D eigenvalue weighted by Gasteiger charge is 2.08. The van der Waals surface area contributed by atoms with Crippen LogP contribution in [0, 0.1) is 18.8 Å². The summed E-state index contributed by atoms with van der Waals surface area (Å²) in [5, 5.41) is 15.7. The van der Waals surface area contributed by atoms with Crippen molar-refractivity contribution in [3.8, 4) is 11.8 Å². The predicted molar refractivity (Wildman–Crippen MR) is 77.3 cm³/mol. The van der Waals surface area contributed by atoms with Crippen LogP contribution in [0.25, 0.3) is 0 Å². The lowest BCUT2D eigenvalue weighted by molar-refractivity contribution is 0.0950. The molecule has 0 atom stereocenters. The highest BCUT2D eigenvalue weighted by molar-refractivity contribution is 5.94. The third-order valence-electron chi connectivity index (χ3n) is 2.87. The van der Waals surface area contributed by atoms with Gasteiger partial charge in [0.1, 0.15) is 6.61 Å². The maximum absolute atomic E-state index is 12.1. The van der Waals surface area contributed by atoms with Crippen LogP contribution in [0.5, 0.6) is 0 Å². The Hall–Kier alpha value is -2.65. The van der Waals surface area contributed by atoms with Gasteiger partial charge >= 0.3 is 0 Å². The molecule has 108 valence electrons. The molecule has 1 amide bonds. The van der Waals surface area contributed by atoms with E-state index in [1.807, 2.05) is 20.2 Å². The fraction of sp³-hybridized carbons (Fsp3) is 0.267. The van der Waals surface area contributed by atoms with Gasteiger partial charge in [0.2, 0.25) is 0 Å². The van der Waals surface area contributed by atoms with Gasteiger partial charge in [-0.1, -0.05) is 11.8 Å². The van der Waals surface area contributed by atoms with Crippen molar-refractivity contribution in [3.05, 3.63) is 47.0 Å². The maximum Gasteiger partial charge on any atom is 0.253 e. The Labute approximate surface area is 122 Å². The summed E-state index contributed by atoms with van der Waals surface area (Å²) in [7, 11) is 1.84. The van der Waals surface area contributed by atoms with Crippen LogP contribution in [-0.2, 0) is 13.6 Å². The molecule has 6 nitrogen and oxygen atoms in total. The average molecular weight is 284 g/mol. The fourth-order valence-corrected chi connectivity index (χ4v) is 1.87. The van der Waals surface area contributed by atoms with E-state index in [0.717, 1.165) is 11.3 Å². The van der Waals surface area contributed by atoms with Crippen LogP contribution in [0.2, 0.25) is 0 Å². The van der Waals surface area contributed by atoms with E-state index in [4.69, 9.17) is 5.11 Å². The fourth-order valence-electron chi connectivity index (χ4n) is 1.87. The van der Waals surface area contributed by atoms with Crippen LogP contribution in [-0.4, -0.2) is 32.4 Å². The lowest BCUT2D eigenvalue weighted by atomic mass is 10.2. The molecule has 6 heteroatoms. The lowest BCUT2D eigenvalue weighted by Crippen LogP contribution is -2.23. The molecule has 0 aliphatic rings. The monoisotopic (exact) mass is 284 g/mol. The van der Waals surface area contributed by atoms with Crippen molar-refractivity contribution in [1.29, 1.82) is 0 Å². The molecular formula is C15H16N4O2. The summed E-state index contributed by atoms with van der Waals surface area (Å²) in [6, 6.07) is 1.64. The molecular weight excluding hydrogens is 268 g/mol. The summed E-state index contributed by atoms with van der Waals surface area (Å²) < 4.78 is 1.71. The minimum absolute atomic E-state index is 0.224. The molecule has 0 bridgehead atoms. The number of nitrogens with zero attached hydrogens (tertiary/aromatic N) is 3. The second kappa shape index (κ2) is 6.68. The van der Waals surface area contributed by atoms with Gasteiger partial charge in [0.05, 0.1) is 11.3 Å². The molecule has 0 aliphatic heterocycles. The Balaban J connectivity index is 2.05. The molecule has 0 aromatic carbocycles. The zero-order chi connectivity index (χ0) is 15.2. The van der Waals surface area contributed by atoms with Crippen molar-refractivity contribution in [2.75, 3.05) is 6.61 Å². The number of hydrogen-bond donors (Lipinski definition) is 2. The molecule has 2 N–H and O–H groups in total. The van der Waals surface area contributed by atoms with Gasteiger partial charge in [0.25, 0.3) is 5.91 Å². The summed E-state index contributed by atoms with van der Waals surface area (Å²) in [5.74, 6) is 5.02. The summed E-state index contributed by atoms with van der Waals surface area (Å²) in [6.07, 6.45) is 4.90. The molecule has 2 rings (SSSR count). The zero-order valence-corrected chi connectivity index (χ0v) is 11.9. The first-order valence-corrected chi connectivity index (χ1v) is 6.42. The van der Waals surface area contributed by atoms with Gasteiger partial charge in [-0.2, -0.15) is 5.10 Å². The van der Waals surface area contributed by atoms with Gasteiger partial charge in [-0.25, -0.2) is 0 Å². The Bertz CT molecular complexity index is 710. The van der Waals surface area contributed by atoms with Crippen molar-refractivity contribution < 1.29 is 9.90 Å². The molecule has 2 heterocycles. The Morgan fingerprint density at radius 1 is 1.48 bits per heavy atom. The average Bonchev–Trinajstić information content (AvgIpc) is 2.81. The van der Waals surface area contributed by atoms with E-state index in [2.05, 4.69) is 27.2 Å². The van der Waals surface area contributed by atoms with Crippen LogP contribution in [0.15, 0.2) is 24.7 Å². The molecule has 0 radical (unpaired) electrons. The molecule has 0 fully saturated rings. The number of aromatic nitrogens is 3. The van der Waals surface area contributed by atoms with Crippen molar-refractivity contribution in [2.45, 2.75) is 13.5 Å². The first-order chi connectivity index (χ1) is 10.1. The number of aryl methyl sites for hydroxylation is 2. The van der Waals surface area contributed by atoms with Crippen LogP contribution in [0.3, 0.4) is 0 Å². The van der Waals surface area contributed by atoms with E-state index in [0.29, 0.717) is 17.7 Å². The van der Waals surface area contributed by atoms with Gasteiger partial charge in [-0.05, 0) is 13.0 Å². The molecule has 0 saturated heterocycles. The SMILES string of the molecule is Cc1nn(C)cc1CNC(=O)c1cncc(C#CCO)c1. The third kappa shape index (κ3) is 3.91. The number of aliphatic hydroxyl groups is 1. The topological polar surface area (TPSA) is 80.0 Å². The predicted octanol–water partition coefficient (Wildman–Crippen LogP) is 0.397. The van der Waals surface area contributed by atoms with E-state index in [-0.39, 0.29) is 12.5 Å². The summed E-state index contributed by atoms with van der Waals surface area (Å²) in [4.78, 5) is 16.1. The van der Waals surface area contributed by atoms with E-state index < -0.39 is 0 Å². The molecule has 0 aliphatic carbocycles. The van der Waals surface area contributed by atoms with Crippen LogP contribution in [0.1, 0.15) is 27.2 Å². The number of amides is 1. The largest absolute Gasteiger partial charge is 0.384 e. The van der Waals surface area contributed by atoms with Crippen molar-refractivity contribution in [2.24, 2.45) is 7.05 Å². The quantitative estimate of drug-likeness (QED) is 0.799. The molecule has 21 heavy (non-hydrogen) atoms. The third-order valence-corrected chi connectivity index (χ3v) is 2.87. The van der Waals surface area contributed by atoms with Crippen molar-refractivity contribution in [1.82, 2.24) is 20.1 Å². The van der Waals surface area contributed by atoms with Crippen LogP contribution >= 0.6 is 0 Å². The Morgan fingerprint density at radius 2 is 2.29 bits per heavy atom. The standard InChI is InChI=1S/C15H16N4O2/c1-11-14(10-19(2)18-11)9-17-15(21)13-6-12(4-3-5-20)7-16-8-13/h6-8,10,20H,5,9H2,1-2H3,(H,17,21). The second-order valence-corrected chi connectivity index (χ2v) is 4.52. The van der Waals surface area contributed by atoms with Crippen molar-refractivity contribution >= 4 is 5.91 Å². The van der Waals surface area contributed by atoms with E-state index in [9.17, 15) is 4.79 Å². The van der Waals surface area contributed by atoms with Crippen LogP contribution in [0.4, 0.5) is 0 Å². The van der Waals surface area contributed by atoms with E-state index in [1.165, 1.54) is 6.20 Å². The summed E-state index contributed by atoms with van der Waals surface area (Å²) >= 11 is 0. The first-order valence-electron chi connectivity index (χ1n) is 6.42. The first kappa shape index (κ1) is 14.8.